The summed E-state index contributed by atoms with van der Waals surface area (Å²) in [6.07, 6.45) is 11.7. The topological polar surface area (TPSA) is 17.1 Å². The third-order valence-electron chi connectivity index (χ3n) is 6.64. The number of ketones is 1. The van der Waals surface area contributed by atoms with Crippen molar-refractivity contribution in [2.45, 2.75) is 63.7 Å². The highest BCUT2D eigenvalue weighted by molar-refractivity contribution is 6.03. The minimum atomic E-state index is -3.43. The Balaban J connectivity index is 1.47. The van der Waals surface area contributed by atoms with Gasteiger partial charge in [-0.15, -0.1) is 0 Å². The molecule has 2 aromatic carbocycles. The van der Waals surface area contributed by atoms with Gasteiger partial charge in [-0.3, -0.25) is 4.79 Å². The normalized spacial score (nSPS) is 23.1. The summed E-state index contributed by atoms with van der Waals surface area (Å²) in [7, 11) is 0. The molecular weight excluding hydrogens is 366 g/mol. The van der Waals surface area contributed by atoms with Gasteiger partial charge in [0.2, 0.25) is 5.78 Å². The highest BCUT2D eigenvalue weighted by atomic mass is 19.3. The van der Waals surface area contributed by atoms with E-state index in [4.69, 9.17) is 0 Å². The number of hydrogen-bond acceptors (Lipinski definition) is 1. The van der Waals surface area contributed by atoms with Crippen LogP contribution in [0.1, 0.15) is 74.5 Å². The van der Waals surface area contributed by atoms with Crippen molar-refractivity contribution in [1.29, 1.82) is 0 Å². The number of hydrogen-bond donors (Lipinski definition) is 0. The average Bonchev–Trinajstić information content (AvgIpc) is 2.75. The van der Waals surface area contributed by atoms with Crippen LogP contribution in [0.3, 0.4) is 0 Å². The van der Waals surface area contributed by atoms with Crippen molar-refractivity contribution in [2.75, 3.05) is 0 Å². The van der Waals surface area contributed by atoms with E-state index in [1.807, 2.05) is 0 Å². The number of alkyl halides is 2. The van der Waals surface area contributed by atoms with E-state index in [2.05, 4.69) is 31.2 Å². The Morgan fingerprint density at radius 3 is 2.31 bits per heavy atom. The van der Waals surface area contributed by atoms with Gasteiger partial charge in [-0.1, -0.05) is 68.7 Å². The molecule has 2 aliphatic rings. The molecule has 0 spiro atoms. The molecule has 29 heavy (non-hydrogen) atoms. The van der Waals surface area contributed by atoms with Crippen LogP contribution in [0.15, 0.2) is 48.5 Å². The molecule has 4 rings (SSSR count). The van der Waals surface area contributed by atoms with Gasteiger partial charge in [0.15, 0.2) is 0 Å². The lowest BCUT2D eigenvalue weighted by Crippen LogP contribution is -2.27. The summed E-state index contributed by atoms with van der Waals surface area (Å²) >= 11 is 0. The van der Waals surface area contributed by atoms with E-state index >= 15 is 0 Å². The summed E-state index contributed by atoms with van der Waals surface area (Å²) in [5.74, 6) is -3.04. The van der Waals surface area contributed by atoms with Gasteiger partial charge in [-0.05, 0) is 71.9 Å². The van der Waals surface area contributed by atoms with Crippen molar-refractivity contribution in [3.63, 3.8) is 0 Å². The largest absolute Gasteiger partial charge is 0.334 e. The molecule has 0 radical (unpaired) electrons. The van der Waals surface area contributed by atoms with Crippen LogP contribution < -0.4 is 0 Å². The molecule has 0 aliphatic heterocycles. The number of fused-ring (bicyclic) bond motifs is 1. The number of rotatable bonds is 5. The van der Waals surface area contributed by atoms with Crippen molar-refractivity contribution in [3.05, 3.63) is 65.2 Å². The van der Waals surface area contributed by atoms with Gasteiger partial charge in [0.05, 0.1) is 0 Å². The van der Waals surface area contributed by atoms with E-state index < -0.39 is 11.7 Å². The maximum atomic E-state index is 14.1. The minimum absolute atomic E-state index is 0.204. The first-order valence-electron chi connectivity index (χ1n) is 10.8. The van der Waals surface area contributed by atoms with Crippen LogP contribution in [0.4, 0.5) is 8.78 Å². The second-order valence-corrected chi connectivity index (χ2v) is 8.56. The number of carbonyl (C=O) groups is 1. The van der Waals surface area contributed by atoms with Gasteiger partial charge in [0.1, 0.15) is 0 Å². The molecule has 0 aromatic heterocycles. The summed E-state index contributed by atoms with van der Waals surface area (Å²) in [4.78, 5) is 11.5. The standard InChI is InChI=1S/C26H28F2O/c1-2-3-4-18-5-7-19(8-6-18)20-9-11-21(12-10-20)22-13-15-24-23(17-22)14-16-25(29)26(24,27)28/h9-19H,2-8H2,1H3. The maximum absolute atomic E-state index is 14.1. The number of benzene rings is 2. The van der Waals surface area contributed by atoms with Crippen LogP contribution in [0.5, 0.6) is 0 Å². The second kappa shape index (κ2) is 8.22. The fourth-order valence-corrected chi connectivity index (χ4v) is 4.79. The SMILES string of the molecule is CCCCC1CCC(c2ccc(-c3ccc4c(c3)C=CC(=O)C4(F)F)cc2)CC1. The van der Waals surface area contributed by atoms with Crippen molar-refractivity contribution >= 4 is 11.9 Å². The third-order valence-corrected chi connectivity index (χ3v) is 6.64. The van der Waals surface area contributed by atoms with Crippen LogP contribution in [0, 0.1) is 5.92 Å². The molecular formula is C26H28F2O. The summed E-state index contributed by atoms with van der Waals surface area (Å²) in [6.45, 7) is 2.26. The van der Waals surface area contributed by atoms with Crippen LogP contribution >= 0.6 is 0 Å². The summed E-state index contributed by atoms with van der Waals surface area (Å²) < 4.78 is 28.2. The first kappa shape index (κ1) is 20.0. The molecule has 3 heteroatoms. The van der Waals surface area contributed by atoms with E-state index in [-0.39, 0.29) is 5.56 Å². The predicted octanol–water partition coefficient (Wildman–Crippen LogP) is 7.51. The van der Waals surface area contributed by atoms with E-state index in [0.29, 0.717) is 11.5 Å². The quantitative estimate of drug-likeness (QED) is 0.513. The van der Waals surface area contributed by atoms with Crippen LogP contribution in [-0.2, 0) is 10.7 Å². The zero-order valence-corrected chi connectivity index (χ0v) is 17.0. The van der Waals surface area contributed by atoms with Crippen molar-refractivity contribution < 1.29 is 13.6 Å². The summed E-state index contributed by atoms with van der Waals surface area (Å²) in [5, 5.41) is 0. The van der Waals surface area contributed by atoms with Crippen LogP contribution in [0.25, 0.3) is 17.2 Å². The fourth-order valence-electron chi connectivity index (χ4n) is 4.79. The zero-order chi connectivity index (χ0) is 20.4. The average molecular weight is 395 g/mol. The Bertz CT molecular complexity index is 903. The fraction of sp³-hybridized carbons (Fsp3) is 0.423. The molecule has 0 heterocycles. The highest BCUT2D eigenvalue weighted by Gasteiger charge is 2.42. The van der Waals surface area contributed by atoms with Gasteiger partial charge in [0, 0.05) is 5.56 Å². The summed E-state index contributed by atoms with van der Waals surface area (Å²) in [6, 6.07) is 13.4. The molecule has 0 unspecified atom stereocenters. The van der Waals surface area contributed by atoms with Crippen LogP contribution in [-0.4, -0.2) is 5.78 Å². The molecule has 0 bridgehead atoms. The lowest BCUT2D eigenvalue weighted by Gasteiger charge is -2.29. The third kappa shape index (κ3) is 4.05. The van der Waals surface area contributed by atoms with E-state index in [1.165, 1.54) is 62.7 Å². The number of allylic oxidation sites excluding steroid dienone is 1. The van der Waals surface area contributed by atoms with Crippen molar-refractivity contribution in [1.82, 2.24) is 0 Å². The molecule has 0 amide bonds. The molecule has 152 valence electrons. The van der Waals surface area contributed by atoms with Crippen molar-refractivity contribution in [2.24, 2.45) is 5.92 Å². The molecule has 2 aromatic rings. The Kier molecular flexibility index (Phi) is 5.67. The monoisotopic (exact) mass is 394 g/mol. The molecule has 0 atom stereocenters. The molecule has 0 saturated heterocycles. The molecule has 1 nitrogen and oxygen atoms in total. The minimum Gasteiger partial charge on any atom is -0.288 e. The highest BCUT2D eigenvalue weighted by Crippen LogP contribution is 2.40. The van der Waals surface area contributed by atoms with Gasteiger partial charge in [-0.25, -0.2) is 0 Å². The van der Waals surface area contributed by atoms with Gasteiger partial charge in [0.25, 0.3) is 0 Å². The number of halogens is 2. The van der Waals surface area contributed by atoms with Crippen LogP contribution in [0.2, 0.25) is 0 Å². The van der Waals surface area contributed by atoms with E-state index in [1.54, 1.807) is 12.1 Å². The summed E-state index contributed by atoms with van der Waals surface area (Å²) in [5.41, 5.74) is 3.51. The molecule has 1 saturated carbocycles. The number of unbranched alkanes of at least 4 members (excludes halogenated alkanes) is 1. The van der Waals surface area contributed by atoms with E-state index in [0.717, 1.165) is 23.1 Å². The Morgan fingerprint density at radius 2 is 1.62 bits per heavy atom. The number of carbonyl (C=O) groups excluding carboxylic acids is 1. The van der Waals surface area contributed by atoms with Gasteiger partial charge in [-0.2, -0.15) is 8.78 Å². The lowest BCUT2D eigenvalue weighted by molar-refractivity contribution is -0.139. The second-order valence-electron chi connectivity index (χ2n) is 8.56. The smallest absolute Gasteiger partial charge is 0.288 e. The van der Waals surface area contributed by atoms with Gasteiger partial charge >= 0.3 is 5.92 Å². The van der Waals surface area contributed by atoms with E-state index in [9.17, 15) is 13.6 Å². The first-order valence-corrected chi connectivity index (χ1v) is 10.8. The Morgan fingerprint density at radius 1 is 0.931 bits per heavy atom. The first-order chi connectivity index (χ1) is 14.0. The molecule has 0 N–H and O–H groups in total. The zero-order valence-electron chi connectivity index (χ0n) is 17.0. The molecule has 1 fully saturated rings. The predicted molar refractivity (Wildman–Crippen MR) is 114 cm³/mol. The van der Waals surface area contributed by atoms with Gasteiger partial charge < -0.3 is 0 Å². The van der Waals surface area contributed by atoms with Crippen molar-refractivity contribution in [3.8, 4) is 11.1 Å². The lowest BCUT2D eigenvalue weighted by atomic mass is 9.77. The Labute approximate surface area is 171 Å². The maximum Gasteiger partial charge on any atom is 0.334 e. The Hall–Kier alpha value is -2.29. The molecule has 2 aliphatic carbocycles.